The Kier molecular flexibility index (Phi) is 8.06. The topological polar surface area (TPSA) is 26.3 Å². The molecule has 0 saturated heterocycles. The standard InChI is InChI=1S/C25H25F3O2S2/c1-4-30-24(29)22-12-11-20(32-22)6-5-13-31-21-14-16(2)23(17(3)15-21)18-7-9-19(10-8-18)25(26,27)28/h7-12,14-15H,4-6,13H2,1-3H3. The van der Waals surface area contributed by atoms with Crippen LogP contribution < -0.4 is 0 Å². The average Bonchev–Trinajstić information content (AvgIpc) is 3.20. The van der Waals surface area contributed by atoms with Crippen molar-refractivity contribution in [2.24, 2.45) is 0 Å². The van der Waals surface area contributed by atoms with E-state index in [-0.39, 0.29) is 5.97 Å². The first-order valence-corrected chi connectivity index (χ1v) is 12.2. The fraction of sp³-hybridized carbons (Fsp3) is 0.320. The van der Waals surface area contributed by atoms with Crippen molar-refractivity contribution in [2.45, 2.75) is 44.7 Å². The highest BCUT2D eigenvalue weighted by atomic mass is 32.2. The molecule has 170 valence electrons. The Hall–Kier alpha value is -2.25. The van der Waals surface area contributed by atoms with E-state index in [9.17, 15) is 18.0 Å². The number of thioether (sulfide) groups is 1. The van der Waals surface area contributed by atoms with Gasteiger partial charge >= 0.3 is 12.1 Å². The monoisotopic (exact) mass is 478 g/mol. The maximum Gasteiger partial charge on any atom is 0.416 e. The minimum atomic E-state index is -4.33. The Morgan fingerprint density at radius 2 is 1.69 bits per heavy atom. The first-order chi connectivity index (χ1) is 15.2. The maximum atomic E-state index is 12.8. The lowest BCUT2D eigenvalue weighted by atomic mass is 9.95. The number of hydrogen-bond acceptors (Lipinski definition) is 4. The van der Waals surface area contributed by atoms with E-state index in [1.807, 2.05) is 26.0 Å². The maximum absolute atomic E-state index is 12.8. The number of rotatable bonds is 8. The molecule has 3 rings (SSSR count). The third-order valence-electron chi connectivity index (χ3n) is 4.98. The van der Waals surface area contributed by atoms with Crippen molar-refractivity contribution in [3.8, 4) is 11.1 Å². The quantitative estimate of drug-likeness (QED) is 0.187. The van der Waals surface area contributed by atoms with E-state index in [2.05, 4.69) is 12.1 Å². The second-order valence-electron chi connectivity index (χ2n) is 7.45. The molecular weight excluding hydrogens is 453 g/mol. The minimum Gasteiger partial charge on any atom is -0.462 e. The smallest absolute Gasteiger partial charge is 0.416 e. The summed E-state index contributed by atoms with van der Waals surface area (Å²) in [6.45, 7) is 6.15. The molecule has 3 aromatic rings. The van der Waals surface area contributed by atoms with E-state index in [1.165, 1.54) is 28.3 Å². The van der Waals surface area contributed by atoms with Crippen LogP contribution in [0, 0.1) is 13.8 Å². The number of thiophene rings is 1. The molecule has 0 saturated carbocycles. The zero-order chi connectivity index (χ0) is 23.3. The van der Waals surface area contributed by atoms with Gasteiger partial charge < -0.3 is 4.74 Å². The van der Waals surface area contributed by atoms with Crippen LogP contribution in [-0.4, -0.2) is 18.3 Å². The highest BCUT2D eigenvalue weighted by Crippen LogP contribution is 2.35. The summed E-state index contributed by atoms with van der Waals surface area (Å²) in [6, 6.07) is 13.3. The largest absolute Gasteiger partial charge is 0.462 e. The van der Waals surface area contributed by atoms with Crippen LogP contribution in [0.3, 0.4) is 0 Å². The Bertz CT molecular complexity index is 1050. The molecule has 32 heavy (non-hydrogen) atoms. The van der Waals surface area contributed by atoms with E-state index in [0.29, 0.717) is 11.5 Å². The number of carbonyl (C=O) groups excluding carboxylic acids is 1. The van der Waals surface area contributed by atoms with Gasteiger partial charge in [0, 0.05) is 9.77 Å². The first-order valence-electron chi connectivity index (χ1n) is 10.4. The number of aryl methyl sites for hydroxylation is 3. The molecule has 7 heteroatoms. The van der Waals surface area contributed by atoms with Crippen LogP contribution in [-0.2, 0) is 17.3 Å². The number of benzene rings is 2. The van der Waals surface area contributed by atoms with Crippen molar-refractivity contribution in [1.82, 2.24) is 0 Å². The molecule has 0 spiro atoms. The summed E-state index contributed by atoms with van der Waals surface area (Å²) >= 11 is 3.24. The molecular formula is C25H25F3O2S2. The Morgan fingerprint density at radius 1 is 1.03 bits per heavy atom. The highest BCUT2D eigenvalue weighted by Gasteiger charge is 2.30. The van der Waals surface area contributed by atoms with Crippen LogP contribution in [0.4, 0.5) is 13.2 Å². The van der Waals surface area contributed by atoms with Crippen LogP contribution in [0.15, 0.2) is 53.4 Å². The third-order valence-corrected chi connectivity index (χ3v) is 7.17. The Morgan fingerprint density at radius 3 is 2.28 bits per heavy atom. The summed E-state index contributed by atoms with van der Waals surface area (Å²) in [4.78, 5) is 14.7. The molecule has 0 N–H and O–H groups in total. The van der Waals surface area contributed by atoms with Crippen molar-refractivity contribution in [3.63, 3.8) is 0 Å². The molecule has 0 aliphatic heterocycles. The number of alkyl halides is 3. The number of ether oxygens (including phenoxy) is 1. The molecule has 0 amide bonds. The van der Waals surface area contributed by atoms with Gasteiger partial charge in [0.2, 0.25) is 0 Å². The fourth-order valence-electron chi connectivity index (χ4n) is 3.55. The summed E-state index contributed by atoms with van der Waals surface area (Å²) in [5, 5.41) is 0. The lowest BCUT2D eigenvalue weighted by molar-refractivity contribution is -0.137. The zero-order valence-corrected chi connectivity index (χ0v) is 19.8. The molecule has 1 heterocycles. The van der Waals surface area contributed by atoms with E-state index >= 15 is 0 Å². The van der Waals surface area contributed by atoms with E-state index in [0.717, 1.165) is 57.9 Å². The predicted octanol–water partition coefficient (Wildman–Crippen LogP) is 7.95. The van der Waals surface area contributed by atoms with Gasteiger partial charge in [-0.05, 0) is 98.0 Å². The van der Waals surface area contributed by atoms with Crippen LogP contribution in [0.2, 0.25) is 0 Å². The summed E-state index contributed by atoms with van der Waals surface area (Å²) < 4.78 is 43.5. The summed E-state index contributed by atoms with van der Waals surface area (Å²) in [7, 11) is 0. The molecule has 0 radical (unpaired) electrons. The molecule has 0 fully saturated rings. The minimum absolute atomic E-state index is 0.266. The zero-order valence-electron chi connectivity index (χ0n) is 18.2. The highest BCUT2D eigenvalue weighted by molar-refractivity contribution is 7.99. The van der Waals surface area contributed by atoms with Crippen molar-refractivity contribution in [1.29, 1.82) is 0 Å². The average molecular weight is 479 g/mol. The molecule has 0 unspecified atom stereocenters. The van der Waals surface area contributed by atoms with E-state index in [4.69, 9.17) is 4.74 Å². The van der Waals surface area contributed by atoms with E-state index in [1.54, 1.807) is 18.7 Å². The first kappa shape index (κ1) is 24.4. The molecule has 2 nitrogen and oxygen atoms in total. The van der Waals surface area contributed by atoms with Crippen LogP contribution >= 0.6 is 23.1 Å². The lowest BCUT2D eigenvalue weighted by Gasteiger charge is -2.14. The van der Waals surface area contributed by atoms with Crippen molar-refractivity contribution < 1.29 is 22.7 Å². The number of halogens is 3. The van der Waals surface area contributed by atoms with Gasteiger partial charge in [-0.3, -0.25) is 0 Å². The number of esters is 1. The van der Waals surface area contributed by atoms with Gasteiger partial charge in [0.15, 0.2) is 0 Å². The Labute approximate surface area is 194 Å². The van der Waals surface area contributed by atoms with Gasteiger partial charge in [-0.25, -0.2) is 4.79 Å². The summed E-state index contributed by atoms with van der Waals surface area (Å²) in [5.74, 6) is 0.669. The van der Waals surface area contributed by atoms with Crippen LogP contribution in [0.1, 0.15) is 44.6 Å². The Balaban J connectivity index is 1.59. The van der Waals surface area contributed by atoms with Gasteiger partial charge in [0.25, 0.3) is 0 Å². The fourth-order valence-corrected chi connectivity index (χ4v) is 5.54. The van der Waals surface area contributed by atoms with Crippen molar-refractivity contribution in [2.75, 3.05) is 12.4 Å². The van der Waals surface area contributed by atoms with Gasteiger partial charge in [-0.1, -0.05) is 12.1 Å². The molecule has 0 atom stereocenters. The lowest BCUT2D eigenvalue weighted by Crippen LogP contribution is -2.04. The SMILES string of the molecule is CCOC(=O)c1ccc(CCCSc2cc(C)c(-c3ccc(C(F)(F)F)cc3)c(C)c2)s1. The van der Waals surface area contributed by atoms with E-state index < -0.39 is 11.7 Å². The van der Waals surface area contributed by atoms with Crippen molar-refractivity contribution >= 4 is 29.1 Å². The van der Waals surface area contributed by atoms with Crippen LogP contribution in [0.5, 0.6) is 0 Å². The normalized spacial score (nSPS) is 11.6. The van der Waals surface area contributed by atoms with Gasteiger partial charge in [-0.15, -0.1) is 23.1 Å². The number of carbonyl (C=O) groups is 1. The van der Waals surface area contributed by atoms with Crippen LogP contribution in [0.25, 0.3) is 11.1 Å². The molecule has 1 aromatic heterocycles. The second-order valence-corrected chi connectivity index (χ2v) is 9.78. The van der Waals surface area contributed by atoms with Crippen molar-refractivity contribution in [3.05, 3.63) is 75.0 Å². The summed E-state index contributed by atoms with van der Waals surface area (Å²) in [6.07, 6.45) is -2.45. The molecule has 2 aromatic carbocycles. The molecule has 0 bridgehead atoms. The predicted molar refractivity (Wildman–Crippen MR) is 126 cm³/mol. The van der Waals surface area contributed by atoms with Gasteiger partial charge in [0.1, 0.15) is 4.88 Å². The van der Waals surface area contributed by atoms with Gasteiger partial charge in [0.05, 0.1) is 12.2 Å². The second kappa shape index (κ2) is 10.6. The van der Waals surface area contributed by atoms with Gasteiger partial charge in [-0.2, -0.15) is 13.2 Å². The molecule has 0 aliphatic carbocycles. The molecule has 0 aliphatic rings. The number of hydrogen-bond donors (Lipinski definition) is 0. The third kappa shape index (κ3) is 6.17. The summed E-state index contributed by atoms with van der Waals surface area (Å²) in [5.41, 5.74) is 3.23.